The average Bonchev–Trinajstić information content (AvgIpc) is 3.48. The normalized spacial score (nSPS) is 10.9. The molecule has 0 aliphatic heterocycles. The molecule has 11 aromatic carbocycles. The third-order valence-electron chi connectivity index (χ3n) is 13.7. The number of anilines is 12. The highest BCUT2D eigenvalue weighted by atomic mass is 16.1. The van der Waals surface area contributed by atoms with Crippen molar-refractivity contribution in [2.24, 2.45) is 0 Å². The Kier molecular flexibility index (Phi) is 14.0. The van der Waals surface area contributed by atoms with Gasteiger partial charge in [0.15, 0.2) is 5.78 Å². The molecule has 11 aromatic rings. The van der Waals surface area contributed by atoms with E-state index in [1.165, 1.54) is 11.1 Å². The van der Waals surface area contributed by atoms with E-state index in [1.807, 2.05) is 66.7 Å². The predicted octanol–water partition coefficient (Wildman–Crippen LogP) is 19.5. The van der Waals surface area contributed by atoms with Crippen molar-refractivity contribution in [1.82, 2.24) is 0 Å². The number of aryl methyl sites for hydroxylation is 2. The number of rotatable bonds is 16. The maximum absolute atomic E-state index is 14.7. The van der Waals surface area contributed by atoms with E-state index in [0.717, 1.165) is 84.9 Å². The number of ketones is 1. The lowest BCUT2D eigenvalue weighted by Crippen LogP contribution is -2.13. The Morgan fingerprint density at radius 3 is 0.816 bits per heavy atom. The van der Waals surface area contributed by atoms with E-state index in [-0.39, 0.29) is 5.78 Å². The summed E-state index contributed by atoms with van der Waals surface area (Å²) in [5.41, 5.74) is 18.4. The molecule has 0 heterocycles. The van der Waals surface area contributed by atoms with Crippen molar-refractivity contribution in [3.05, 3.63) is 331 Å². The van der Waals surface area contributed by atoms with Crippen molar-refractivity contribution in [3.63, 3.8) is 0 Å². The van der Waals surface area contributed by atoms with Crippen LogP contribution >= 0.6 is 0 Å². The van der Waals surface area contributed by atoms with E-state index in [1.54, 1.807) is 0 Å². The maximum Gasteiger partial charge on any atom is 0.193 e. The molecule has 0 bridgehead atoms. The summed E-state index contributed by atoms with van der Waals surface area (Å²) in [5.74, 6) is -0.0714. The molecule has 76 heavy (non-hydrogen) atoms. The van der Waals surface area contributed by atoms with Gasteiger partial charge in [0.05, 0.1) is 0 Å². The molecule has 0 N–H and O–H groups in total. The van der Waals surface area contributed by atoms with Crippen LogP contribution < -0.4 is 19.6 Å². The second kappa shape index (κ2) is 22.0. The Balaban J connectivity index is 0.882. The first kappa shape index (κ1) is 48.3. The third-order valence-corrected chi connectivity index (χ3v) is 13.7. The van der Waals surface area contributed by atoms with Gasteiger partial charge in [-0.05, 0) is 182 Å². The zero-order chi connectivity index (χ0) is 51.8. The van der Waals surface area contributed by atoms with Gasteiger partial charge in [-0.3, -0.25) is 4.79 Å². The second-order valence-corrected chi connectivity index (χ2v) is 18.9. The molecule has 0 aliphatic carbocycles. The highest BCUT2D eigenvalue weighted by Gasteiger charge is 2.20. The number of carbonyl (C=O) groups is 1. The zero-order valence-corrected chi connectivity index (χ0v) is 42.6. The van der Waals surface area contributed by atoms with Gasteiger partial charge in [-0.1, -0.05) is 157 Å². The van der Waals surface area contributed by atoms with Crippen LogP contribution in [0.2, 0.25) is 0 Å². The van der Waals surface area contributed by atoms with Gasteiger partial charge >= 0.3 is 0 Å². The fourth-order valence-corrected chi connectivity index (χ4v) is 9.79. The standard InChI is InChI=1S/C71H56N4O/c1-52-33-37-63(38-34-52)74(67-45-41-65(42-46-67)72(59-23-8-4-9-24-59)60-25-10-5-11-26-60)69-31-17-20-56(50-69)54(3)55-19-16-21-57(49-55)71(76)58-22-18-32-70(51-58)75(64-39-35-53(2)36-40-64)68-47-43-66(44-48-68)73(61-27-12-6-13-28-61)62-29-14-7-15-30-62/h4-51H,3H2,1-2H3. The fraction of sp³-hybridized carbons (Fsp3) is 0.0282. The molecule has 5 heteroatoms. The second-order valence-electron chi connectivity index (χ2n) is 18.9. The van der Waals surface area contributed by atoms with Crippen LogP contribution in [0.5, 0.6) is 0 Å². The summed E-state index contributed by atoms with van der Waals surface area (Å²) in [6, 6.07) is 100. The van der Waals surface area contributed by atoms with Gasteiger partial charge in [0, 0.05) is 79.4 Å². The minimum atomic E-state index is -0.0714. The highest BCUT2D eigenvalue weighted by Crippen LogP contribution is 2.42. The number of hydrogen-bond acceptors (Lipinski definition) is 5. The summed E-state index contributed by atoms with van der Waals surface area (Å²) in [5, 5.41) is 0. The van der Waals surface area contributed by atoms with Crippen LogP contribution in [0.25, 0.3) is 5.57 Å². The minimum Gasteiger partial charge on any atom is -0.311 e. The van der Waals surface area contributed by atoms with Crippen molar-refractivity contribution >= 4 is 79.6 Å². The third kappa shape index (κ3) is 10.4. The molecule has 0 radical (unpaired) electrons. The van der Waals surface area contributed by atoms with Gasteiger partial charge in [0.25, 0.3) is 0 Å². The van der Waals surface area contributed by atoms with Crippen LogP contribution in [-0.4, -0.2) is 5.78 Å². The Hall–Kier alpha value is -9.97. The van der Waals surface area contributed by atoms with Crippen LogP contribution in [0.4, 0.5) is 68.2 Å². The predicted molar refractivity (Wildman–Crippen MR) is 319 cm³/mol. The summed E-state index contributed by atoms with van der Waals surface area (Å²) in [6.45, 7) is 8.83. The lowest BCUT2D eigenvalue weighted by atomic mass is 9.94. The molecular weight excluding hydrogens is 925 g/mol. The first-order chi connectivity index (χ1) is 37.3. The molecule has 366 valence electrons. The van der Waals surface area contributed by atoms with Crippen LogP contribution in [0.3, 0.4) is 0 Å². The highest BCUT2D eigenvalue weighted by molar-refractivity contribution is 6.10. The SMILES string of the molecule is C=C(c1cccc(C(=O)c2cccc(N(c3ccc(C)cc3)c3ccc(N(c4ccccc4)c4ccccc4)cc3)c2)c1)c1cccc(N(c2ccc(C)cc2)c2ccc(N(c3ccccc3)c3ccccc3)cc2)c1. The number of hydrogen-bond donors (Lipinski definition) is 0. The molecule has 0 fully saturated rings. The summed E-state index contributed by atoms with van der Waals surface area (Å²) in [6.07, 6.45) is 0. The molecule has 11 rings (SSSR count). The van der Waals surface area contributed by atoms with E-state index in [4.69, 9.17) is 0 Å². The number of nitrogens with zero attached hydrogens (tertiary/aromatic N) is 4. The monoisotopic (exact) mass is 980 g/mol. The Morgan fingerprint density at radius 1 is 0.250 bits per heavy atom. The topological polar surface area (TPSA) is 30.0 Å². The molecule has 5 nitrogen and oxygen atoms in total. The smallest absolute Gasteiger partial charge is 0.193 e. The number of benzene rings is 11. The molecule has 0 amide bonds. The number of para-hydroxylation sites is 4. The van der Waals surface area contributed by atoms with Gasteiger partial charge in [0.2, 0.25) is 0 Å². The van der Waals surface area contributed by atoms with Crippen molar-refractivity contribution in [2.45, 2.75) is 13.8 Å². The Bertz CT molecular complexity index is 3410. The molecule has 0 saturated carbocycles. The number of carbonyl (C=O) groups excluding carboxylic acids is 1. The van der Waals surface area contributed by atoms with Gasteiger partial charge in [0.1, 0.15) is 0 Å². The van der Waals surface area contributed by atoms with Gasteiger partial charge in [-0.15, -0.1) is 0 Å². The first-order valence-electron chi connectivity index (χ1n) is 25.6. The molecule has 0 aromatic heterocycles. The molecule has 0 spiro atoms. The maximum atomic E-state index is 14.7. The summed E-state index contributed by atoms with van der Waals surface area (Å²) < 4.78 is 0. The minimum absolute atomic E-state index is 0.0714. The van der Waals surface area contributed by atoms with E-state index in [0.29, 0.717) is 11.1 Å². The molecule has 0 unspecified atom stereocenters. The van der Waals surface area contributed by atoms with E-state index < -0.39 is 0 Å². The zero-order valence-electron chi connectivity index (χ0n) is 42.6. The van der Waals surface area contributed by atoms with E-state index >= 15 is 0 Å². The summed E-state index contributed by atoms with van der Waals surface area (Å²) >= 11 is 0. The molecular formula is C71H56N4O. The van der Waals surface area contributed by atoms with E-state index in [2.05, 4.69) is 264 Å². The van der Waals surface area contributed by atoms with Crippen LogP contribution in [0.1, 0.15) is 38.2 Å². The van der Waals surface area contributed by atoms with Gasteiger partial charge in [-0.25, -0.2) is 0 Å². The van der Waals surface area contributed by atoms with Crippen molar-refractivity contribution < 1.29 is 4.79 Å². The van der Waals surface area contributed by atoms with Crippen LogP contribution in [0.15, 0.2) is 298 Å². The summed E-state index contributed by atoms with van der Waals surface area (Å²) in [4.78, 5) is 23.7. The van der Waals surface area contributed by atoms with Crippen molar-refractivity contribution in [2.75, 3.05) is 19.6 Å². The van der Waals surface area contributed by atoms with E-state index in [9.17, 15) is 4.79 Å². The fourth-order valence-electron chi connectivity index (χ4n) is 9.79. The molecule has 0 saturated heterocycles. The van der Waals surface area contributed by atoms with Gasteiger partial charge in [-0.2, -0.15) is 0 Å². The molecule has 0 aliphatic rings. The first-order valence-corrected chi connectivity index (χ1v) is 25.6. The average molecular weight is 981 g/mol. The van der Waals surface area contributed by atoms with Crippen LogP contribution in [0, 0.1) is 13.8 Å². The quantitative estimate of drug-likeness (QED) is 0.0900. The van der Waals surface area contributed by atoms with Crippen molar-refractivity contribution in [3.8, 4) is 0 Å². The van der Waals surface area contributed by atoms with Crippen LogP contribution in [-0.2, 0) is 0 Å². The van der Waals surface area contributed by atoms with Gasteiger partial charge < -0.3 is 19.6 Å². The largest absolute Gasteiger partial charge is 0.311 e. The Labute approximate surface area is 446 Å². The molecule has 0 atom stereocenters. The van der Waals surface area contributed by atoms with Crippen molar-refractivity contribution in [1.29, 1.82) is 0 Å². The lowest BCUT2D eigenvalue weighted by molar-refractivity contribution is 0.103. The Morgan fingerprint density at radius 2 is 0.474 bits per heavy atom. The summed E-state index contributed by atoms with van der Waals surface area (Å²) in [7, 11) is 0. The lowest BCUT2D eigenvalue weighted by Gasteiger charge is -2.28.